The van der Waals surface area contributed by atoms with Gasteiger partial charge in [0.15, 0.2) is 0 Å². The minimum Gasteiger partial charge on any atom is -0.478 e. The molecule has 2 nitrogen and oxygen atoms in total. The first-order valence-electron chi connectivity index (χ1n) is 8.67. The zero-order chi connectivity index (χ0) is 16.3. The molecule has 0 atom stereocenters. The molecule has 0 heterocycles. The molecule has 0 saturated carbocycles. The van der Waals surface area contributed by atoms with Crippen LogP contribution in [0.2, 0.25) is 0 Å². The molecule has 0 fully saturated rings. The quantitative estimate of drug-likeness (QED) is 0.235. The lowest BCUT2D eigenvalue weighted by Crippen LogP contribution is -1.84. The van der Waals surface area contributed by atoms with Crippen LogP contribution < -0.4 is 0 Å². The lowest BCUT2D eigenvalue weighted by atomic mass is 10.1. The van der Waals surface area contributed by atoms with Crippen molar-refractivity contribution in [2.75, 3.05) is 0 Å². The number of carbonyl (C=O) groups is 1. The van der Waals surface area contributed by atoms with Crippen LogP contribution in [0, 0.1) is 0 Å². The van der Waals surface area contributed by atoms with Gasteiger partial charge in [0.1, 0.15) is 0 Å². The highest BCUT2D eigenvalue weighted by Crippen LogP contribution is 2.10. The molecule has 0 saturated heterocycles. The number of carboxylic acids is 1. The highest BCUT2D eigenvalue weighted by molar-refractivity contribution is 5.80. The van der Waals surface area contributed by atoms with Gasteiger partial charge in [-0.25, -0.2) is 4.79 Å². The molecule has 0 aromatic heterocycles. The summed E-state index contributed by atoms with van der Waals surface area (Å²) in [6.07, 6.45) is 27.7. The van der Waals surface area contributed by atoms with E-state index < -0.39 is 5.97 Å². The fourth-order valence-electron chi connectivity index (χ4n) is 2.14. The van der Waals surface area contributed by atoms with E-state index in [1.807, 2.05) is 18.2 Å². The van der Waals surface area contributed by atoms with Crippen molar-refractivity contribution < 1.29 is 9.90 Å². The summed E-state index contributed by atoms with van der Waals surface area (Å²) >= 11 is 0. The molecule has 1 N–H and O–H groups in total. The molecule has 0 spiro atoms. The van der Waals surface area contributed by atoms with Gasteiger partial charge < -0.3 is 5.11 Å². The lowest BCUT2D eigenvalue weighted by Gasteiger charge is -2.00. The molecule has 0 aliphatic carbocycles. The van der Waals surface area contributed by atoms with E-state index in [2.05, 4.69) is 19.1 Å². The Labute approximate surface area is 136 Å². The largest absolute Gasteiger partial charge is 0.478 e. The van der Waals surface area contributed by atoms with Crippen molar-refractivity contribution in [3.63, 3.8) is 0 Å². The standard InChI is InChI=1S/C20H32O2/c1-2-3-4-5-6-7-8-9-10-11-12-13-14-15-16-17-18-19-20(21)22/h12-19H,2-11H2,1H3,(H,21,22)/b13-12+,15-14+,17-16+,19-18-. The summed E-state index contributed by atoms with van der Waals surface area (Å²) in [6, 6.07) is 0. The van der Waals surface area contributed by atoms with Crippen LogP contribution >= 0.6 is 0 Å². The first-order valence-corrected chi connectivity index (χ1v) is 8.67. The molecule has 0 rings (SSSR count). The maximum Gasteiger partial charge on any atom is 0.328 e. The third-order valence-electron chi connectivity index (χ3n) is 3.40. The highest BCUT2D eigenvalue weighted by Gasteiger charge is 1.90. The van der Waals surface area contributed by atoms with Crippen LogP contribution in [-0.2, 0) is 4.79 Å². The second-order valence-corrected chi connectivity index (χ2v) is 5.51. The molecule has 0 amide bonds. The predicted octanol–water partition coefficient (Wildman–Crippen LogP) is 6.22. The SMILES string of the molecule is CCCCCCCCCCC/C=C/C=C/C=C/C=C\C(=O)O. The van der Waals surface area contributed by atoms with Crippen molar-refractivity contribution >= 4 is 5.97 Å². The summed E-state index contributed by atoms with van der Waals surface area (Å²) in [7, 11) is 0. The summed E-state index contributed by atoms with van der Waals surface area (Å²) in [5.41, 5.74) is 0. The molecule has 0 unspecified atom stereocenters. The van der Waals surface area contributed by atoms with Crippen LogP contribution in [0.1, 0.15) is 71.1 Å². The number of carboxylic acid groups (broad SMARTS) is 1. The Morgan fingerprint density at radius 1 is 0.727 bits per heavy atom. The molecule has 0 aliphatic heterocycles. The minimum absolute atomic E-state index is 0.922. The maximum absolute atomic E-state index is 10.2. The molecule has 22 heavy (non-hydrogen) atoms. The number of rotatable bonds is 14. The summed E-state index contributed by atoms with van der Waals surface area (Å²) in [4.78, 5) is 10.2. The van der Waals surface area contributed by atoms with Gasteiger partial charge >= 0.3 is 5.97 Å². The first-order chi connectivity index (χ1) is 10.8. The molecular weight excluding hydrogens is 272 g/mol. The Bertz CT molecular complexity index is 362. The Hall–Kier alpha value is -1.57. The van der Waals surface area contributed by atoms with Crippen LogP contribution in [0.5, 0.6) is 0 Å². The van der Waals surface area contributed by atoms with E-state index in [1.54, 1.807) is 6.08 Å². The van der Waals surface area contributed by atoms with Crippen LogP contribution in [0.3, 0.4) is 0 Å². The highest BCUT2D eigenvalue weighted by atomic mass is 16.4. The van der Waals surface area contributed by atoms with Gasteiger partial charge in [0, 0.05) is 6.08 Å². The van der Waals surface area contributed by atoms with E-state index in [9.17, 15) is 4.79 Å². The number of aliphatic carboxylic acids is 1. The zero-order valence-electron chi connectivity index (χ0n) is 14.0. The van der Waals surface area contributed by atoms with Gasteiger partial charge in [-0.05, 0) is 12.8 Å². The molecule has 0 radical (unpaired) electrons. The molecule has 124 valence electrons. The van der Waals surface area contributed by atoms with Gasteiger partial charge in [-0.1, -0.05) is 101 Å². The van der Waals surface area contributed by atoms with Gasteiger partial charge in [0.05, 0.1) is 0 Å². The van der Waals surface area contributed by atoms with Gasteiger partial charge in [0.25, 0.3) is 0 Å². The minimum atomic E-state index is -0.922. The normalized spacial score (nSPS) is 12.4. The second kappa shape index (κ2) is 17.5. The summed E-state index contributed by atoms with van der Waals surface area (Å²) in [6.45, 7) is 2.26. The molecule has 0 aromatic carbocycles. The smallest absolute Gasteiger partial charge is 0.328 e. The average Bonchev–Trinajstić information content (AvgIpc) is 2.50. The van der Waals surface area contributed by atoms with Gasteiger partial charge in [0.2, 0.25) is 0 Å². The Morgan fingerprint density at radius 2 is 1.23 bits per heavy atom. The topological polar surface area (TPSA) is 37.3 Å². The fraction of sp³-hybridized carbons (Fsp3) is 0.550. The Kier molecular flexibility index (Phi) is 16.2. The molecular formula is C20H32O2. The summed E-state index contributed by atoms with van der Waals surface area (Å²) < 4.78 is 0. The molecule has 0 bridgehead atoms. The van der Waals surface area contributed by atoms with Crippen molar-refractivity contribution in [3.05, 3.63) is 48.6 Å². The van der Waals surface area contributed by atoms with Crippen LogP contribution in [0.25, 0.3) is 0 Å². The van der Waals surface area contributed by atoms with Gasteiger partial charge in [-0.3, -0.25) is 0 Å². The number of unbranched alkanes of at least 4 members (excludes halogenated alkanes) is 9. The molecule has 0 aromatic rings. The van der Waals surface area contributed by atoms with Crippen molar-refractivity contribution in [1.29, 1.82) is 0 Å². The summed E-state index contributed by atoms with van der Waals surface area (Å²) in [5.74, 6) is -0.922. The number of allylic oxidation sites excluding steroid dienone is 7. The van der Waals surface area contributed by atoms with Crippen molar-refractivity contribution in [3.8, 4) is 0 Å². The second-order valence-electron chi connectivity index (χ2n) is 5.51. The number of hydrogen-bond donors (Lipinski definition) is 1. The van der Waals surface area contributed by atoms with Gasteiger partial charge in [-0.2, -0.15) is 0 Å². The average molecular weight is 304 g/mol. The van der Waals surface area contributed by atoms with Crippen LogP contribution in [-0.4, -0.2) is 11.1 Å². The van der Waals surface area contributed by atoms with Crippen molar-refractivity contribution in [1.82, 2.24) is 0 Å². The molecule has 2 heteroatoms. The van der Waals surface area contributed by atoms with Gasteiger partial charge in [-0.15, -0.1) is 0 Å². The van der Waals surface area contributed by atoms with E-state index in [4.69, 9.17) is 5.11 Å². The zero-order valence-corrected chi connectivity index (χ0v) is 14.0. The van der Waals surface area contributed by atoms with E-state index >= 15 is 0 Å². The number of hydrogen-bond acceptors (Lipinski definition) is 1. The maximum atomic E-state index is 10.2. The van der Waals surface area contributed by atoms with Crippen molar-refractivity contribution in [2.24, 2.45) is 0 Å². The third kappa shape index (κ3) is 18.4. The first kappa shape index (κ1) is 20.4. The van der Waals surface area contributed by atoms with E-state index in [0.29, 0.717) is 0 Å². The van der Waals surface area contributed by atoms with E-state index in [-0.39, 0.29) is 0 Å². The van der Waals surface area contributed by atoms with Crippen LogP contribution in [0.15, 0.2) is 48.6 Å². The van der Waals surface area contributed by atoms with E-state index in [1.165, 1.54) is 63.9 Å². The Morgan fingerprint density at radius 3 is 1.82 bits per heavy atom. The lowest BCUT2D eigenvalue weighted by molar-refractivity contribution is -0.131. The predicted molar refractivity (Wildman–Crippen MR) is 96.0 cm³/mol. The third-order valence-corrected chi connectivity index (χ3v) is 3.40. The van der Waals surface area contributed by atoms with Crippen LogP contribution in [0.4, 0.5) is 0 Å². The summed E-state index contributed by atoms with van der Waals surface area (Å²) in [5, 5.41) is 8.39. The monoisotopic (exact) mass is 304 g/mol. The Balaban J connectivity index is 3.35. The van der Waals surface area contributed by atoms with E-state index in [0.717, 1.165) is 12.5 Å². The van der Waals surface area contributed by atoms with Crippen molar-refractivity contribution in [2.45, 2.75) is 71.1 Å². The fourth-order valence-corrected chi connectivity index (χ4v) is 2.14. The molecule has 0 aliphatic rings.